The average Bonchev–Trinajstić information content (AvgIpc) is 3.04. The third-order valence-electron chi connectivity index (χ3n) is 4.88. The lowest BCUT2D eigenvalue weighted by atomic mass is 10.2. The Morgan fingerprint density at radius 2 is 1.93 bits per heavy atom. The van der Waals surface area contributed by atoms with Crippen molar-refractivity contribution < 1.29 is 13.6 Å². The van der Waals surface area contributed by atoms with Gasteiger partial charge in [0, 0.05) is 10.9 Å². The second kappa shape index (κ2) is 7.45. The summed E-state index contributed by atoms with van der Waals surface area (Å²) in [5, 5.41) is 0.812. The van der Waals surface area contributed by atoms with Crippen LogP contribution in [-0.4, -0.2) is 10.8 Å². The standard InChI is InChI=1S/C21H19Cl2NO3/c1-13-9-18(13)20-7-5-16(27-20)12-24(11-15-3-2-8-26-15)21(25)17-6-4-14(22)10-19(17)23/h2-8,10,13,18H,9,11-12H2,1H3. The lowest BCUT2D eigenvalue weighted by Crippen LogP contribution is -2.30. The minimum Gasteiger partial charge on any atom is -0.467 e. The topological polar surface area (TPSA) is 46.6 Å². The van der Waals surface area contributed by atoms with E-state index >= 15 is 0 Å². The van der Waals surface area contributed by atoms with Crippen LogP contribution in [0.1, 0.15) is 46.9 Å². The molecule has 1 amide bonds. The van der Waals surface area contributed by atoms with Gasteiger partial charge in [-0.2, -0.15) is 0 Å². The van der Waals surface area contributed by atoms with Gasteiger partial charge >= 0.3 is 0 Å². The average molecular weight is 404 g/mol. The number of carbonyl (C=O) groups excluding carboxylic acids is 1. The number of hydrogen-bond acceptors (Lipinski definition) is 3. The molecule has 2 aromatic heterocycles. The van der Waals surface area contributed by atoms with E-state index in [4.69, 9.17) is 32.0 Å². The minimum atomic E-state index is -0.203. The highest BCUT2D eigenvalue weighted by Crippen LogP contribution is 2.47. The van der Waals surface area contributed by atoms with Gasteiger partial charge in [0.2, 0.25) is 0 Å². The van der Waals surface area contributed by atoms with Crippen LogP contribution in [0.15, 0.2) is 57.6 Å². The SMILES string of the molecule is CC1CC1c1ccc(CN(Cc2ccco2)C(=O)c2ccc(Cl)cc2Cl)o1. The molecule has 2 atom stereocenters. The van der Waals surface area contributed by atoms with Crippen LogP contribution in [0.2, 0.25) is 10.0 Å². The van der Waals surface area contributed by atoms with Crippen molar-refractivity contribution in [2.45, 2.75) is 32.4 Å². The summed E-state index contributed by atoms with van der Waals surface area (Å²) >= 11 is 12.2. The van der Waals surface area contributed by atoms with Gasteiger partial charge in [-0.15, -0.1) is 0 Å². The molecule has 0 aliphatic heterocycles. The number of benzene rings is 1. The number of amides is 1. The Bertz CT molecular complexity index is 948. The zero-order valence-electron chi connectivity index (χ0n) is 14.8. The Balaban J connectivity index is 1.58. The predicted octanol–water partition coefficient (Wildman–Crippen LogP) is 6.15. The van der Waals surface area contributed by atoms with E-state index in [-0.39, 0.29) is 5.91 Å². The fraction of sp³-hybridized carbons (Fsp3) is 0.286. The van der Waals surface area contributed by atoms with Gasteiger partial charge < -0.3 is 13.7 Å². The van der Waals surface area contributed by atoms with E-state index in [9.17, 15) is 4.79 Å². The Kier molecular flexibility index (Phi) is 5.02. The summed E-state index contributed by atoms with van der Waals surface area (Å²) < 4.78 is 11.4. The molecule has 1 aromatic carbocycles. The molecule has 0 N–H and O–H groups in total. The van der Waals surface area contributed by atoms with Gasteiger partial charge in [0.05, 0.1) is 29.9 Å². The summed E-state index contributed by atoms with van der Waals surface area (Å²) in [7, 11) is 0. The molecule has 1 aliphatic rings. The highest BCUT2D eigenvalue weighted by atomic mass is 35.5. The molecule has 4 rings (SSSR count). The largest absolute Gasteiger partial charge is 0.467 e. The van der Waals surface area contributed by atoms with Crippen LogP contribution in [0.4, 0.5) is 0 Å². The molecule has 1 fully saturated rings. The number of halogens is 2. The van der Waals surface area contributed by atoms with Crippen LogP contribution in [0, 0.1) is 5.92 Å². The van der Waals surface area contributed by atoms with Gasteiger partial charge in [-0.3, -0.25) is 4.79 Å². The van der Waals surface area contributed by atoms with E-state index < -0.39 is 0 Å². The first kappa shape index (κ1) is 18.2. The fourth-order valence-electron chi connectivity index (χ4n) is 3.21. The number of rotatable bonds is 6. The highest BCUT2D eigenvalue weighted by molar-refractivity contribution is 6.36. The number of hydrogen-bond donors (Lipinski definition) is 0. The summed E-state index contributed by atoms with van der Waals surface area (Å²) in [6, 6.07) is 12.4. The molecule has 1 aliphatic carbocycles. The van der Waals surface area contributed by atoms with Crippen LogP contribution in [0.5, 0.6) is 0 Å². The monoisotopic (exact) mass is 403 g/mol. The maximum absolute atomic E-state index is 13.1. The molecule has 27 heavy (non-hydrogen) atoms. The first-order valence-corrected chi connectivity index (χ1v) is 9.62. The number of nitrogens with zero attached hydrogens (tertiary/aromatic N) is 1. The summed E-state index contributed by atoms with van der Waals surface area (Å²) in [6.45, 7) is 2.86. The number of carbonyl (C=O) groups is 1. The minimum absolute atomic E-state index is 0.203. The first-order chi connectivity index (χ1) is 13.0. The molecule has 0 bridgehead atoms. The lowest BCUT2D eigenvalue weighted by molar-refractivity contribution is 0.0704. The molecule has 0 saturated heterocycles. The van der Waals surface area contributed by atoms with E-state index in [1.165, 1.54) is 0 Å². The van der Waals surface area contributed by atoms with Crippen LogP contribution in [0.3, 0.4) is 0 Å². The van der Waals surface area contributed by atoms with E-state index in [0.717, 1.165) is 17.9 Å². The zero-order valence-corrected chi connectivity index (χ0v) is 16.3. The van der Waals surface area contributed by atoms with Crippen LogP contribution < -0.4 is 0 Å². The van der Waals surface area contributed by atoms with Gasteiger partial charge in [-0.05, 0) is 54.8 Å². The van der Waals surface area contributed by atoms with Crippen molar-refractivity contribution in [3.63, 3.8) is 0 Å². The molecule has 1 saturated carbocycles. The molecule has 6 heteroatoms. The quantitative estimate of drug-likeness (QED) is 0.495. The van der Waals surface area contributed by atoms with E-state index in [0.29, 0.717) is 46.3 Å². The molecule has 140 valence electrons. The maximum Gasteiger partial charge on any atom is 0.256 e. The van der Waals surface area contributed by atoms with Crippen molar-refractivity contribution in [1.82, 2.24) is 4.90 Å². The second-order valence-corrected chi connectivity index (χ2v) is 7.83. The van der Waals surface area contributed by atoms with Gasteiger partial charge in [0.15, 0.2) is 0 Å². The van der Waals surface area contributed by atoms with Gasteiger partial charge in [-0.1, -0.05) is 30.1 Å². The Labute approximate surface area is 167 Å². The Morgan fingerprint density at radius 1 is 1.15 bits per heavy atom. The second-order valence-electron chi connectivity index (χ2n) is 6.99. The molecule has 0 spiro atoms. The third-order valence-corrected chi connectivity index (χ3v) is 5.43. The van der Waals surface area contributed by atoms with Gasteiger partial charge in [0.25, 0.3) is 5.91 Å². The van der Waals surface area contributed by atoms with Crippen molar-refractivity contribution in [1.29, 1.82) is 0 Å². The Hall–Kier alpha value is -2.17. The third kappa shape index (κ3) is 4.07. The molecule has 2 heterocycles. The molecular formula is C21H19Cl2NO3. The fourth-order valence-corrected chi connectivity index (χ4v) is 3.70. The first-order valence-electron chi connectivity index (χ1n) is 8.86. The smallest absolute Gasteiger partial charge is 0.256 e. The molecule has 3 aromatic rings. The van der Waals surface area contributed by atoms with Crippen molar-refractivity contribution in [2.24, 2.45) is 5.92 Å². The van der Waals surface area contributed by atoms with E-state index in [2.05, 4.69) is 6.92 Å². The van der Waals surface area contributed by atoms with Crippen molar-refractivity contribution >= 4 is 29.1 Å². The summed E-state index contributed by atoms with van der Waals surface area (Å²) in [5.41, 5.74) is 0.398. The molecule has 2 unspecified atom stereocenters. The van der Waals surface area contributed by atoms with Gasteiger partial charge in [-0.25, -0.2) is 0 Å². The van der Waals surface area contributed by atoms with E-state index in [1.54, 1.807) is 35.4 Å². The lowest BCUT2D eigenvalue weighted by Gasteiger charge is -2.21. The maximum atomic E-state index is 13.1. The van der Waals surface area contributed by atoms with Crippen molar-refractivity contribution in [3.8, 4) is 0 Å². The number of furan rings is 2. The summed E-state index contributed by atoms with van der Waals surface area (Å²) in [6.07, 6.45) is 2.75. The zero-order chi connectivity index (χ0) is 19.0. The molecule has 0 radical (unpaired) electrons. The van der Waals surface area contributed by atoms with Crippen LogP contribution in [0.25, 0.3) is 0 Å². The Morgan fingerprint density at radius 3 is 2.59 bits per heavy atom. The van der Waals surface area contributed by atoms with Crippen LogP contribution in [-0.2, 0) is 13.1 Å². The van der Waals surface area contributed by atoms with Crippen molar-refractivity contribution in [2.75, 3.05) is 0 Å². The highest BCUT2D eigenvalue weighted by Gasteiger charge is 2.36. The van der Waals surface area contributed by atoms with E-state index in [1.807, 2.05) is 18.2 Å². The molecular weight excluding hydrogens is 385 g/mol. The van der Waals surface area contributed by atoms with Crippen LogP contribution >= 0.6 is 23.2 Å². The summed E-state index contributed by atoms with van der Waals surface area (Å²) in [4.78, 5) is 14.8. The summed E-state index contributed by atoms with van der Waals surface area (Å²) in [5.74, 6) is 3.39. The van der Waals surface area contributed by atoms with Crippen molar-refractivity contribution in [3.05, 3.63) is 81.6 Å². The predicted molar refractivity (Wildman–Crippen MR) is 104 cm³/mol. The normalized spacial score (nSPS) is 18.5. The molecule has 4 nitrogen and oxygen atoms in total. The van der Waals surface area contributed by atoms with Gasteiger partial charge in [0.1, 0.15) is 17.3 Å².